The molecule has 9 heteroatoms. The molecule has 9 nitrogen and oxygen atoms in total. The van der Waals surface area contributed by atoms with Crippen molar-refractivity contribution in [3.05, 3.63) is 11.5 Å². The van der Waals surface area contributed by atoms with Crippen LogP contribution in [0.4, 0.5) is 0 Å². The number of carbonyl (C=O) groups is 2. The summed E-state index contributed by atoms with van der Waals surface area (Å²) in [4.78, 5) is 28.0. The van der Waals surface area contributed by atoms with E-state index >= 15 is 0 Å². The van der Waals surface area contributed by atoms with Crippen molar-refractivity contribution in [2.24, 2.45) is 5.41 Å². The summed E-state index contributed by atoms with van der Waals surface area (Å²) in [5, 5.41) is 37.6. The molecule has 0 aromatic heterocycles. The normalized spacial score (nSPS) is 25.1. The largest absolute Gasteiger partial charge is 0.499 e. The summed E-state index contributed by atoms with van der Waals surface area (Å²) in [5.74, 6) is -3.20. The zero-order chi connectivity index (χ0) is 17.0. The van der Waals surface area contributed by atoms with Crippen molar-refractivity contribution in [2.45, 2.75) is 44.3 Å². The Morgan fingerprint density at radius 3 is 2.61 bits per heavy atom. The van der Waals surface area contributed by atoms with Crippen LogP contribution in [0.1, 0.15) is 32.1 Å². The fourth-order valence-electron chi connectivity index (χ4n) is 2.86. The second kappa shape index (κ2) is 7.16. The molecule has 1 aliphatic carbocycles. The third kappa shape index (κ3) is 3.57. The van der Waals surface area contributed by atoms with Gasteiger partial charge in [0.15, 0.2) is 6.10 Å². The van der Waals surface area contributed by atoms with E-state index in [1.54, 1.807) is 0 Å². The van der Waals surface area contributed by atoms with Crippen molar-refractivity contribution >= 4 is 11.9 Å². The first-order valence-electron chi connectivity index (χ1n) is 7.47. The van der Waals surface area contributed by atoms with E-state index in [9.17, 15) is 24.9 Å². The highest BCUT2D eigenvalue weighted by atomic mass is 16.7. The molecule has 0 unspecified atom stereocenters. The van der Waals surface area contributed by atoms with Crippen LogP contribution in [0.25, 0.3) is 0 Å². The second-order valence-corrected chi connectivity index (χ2v) is 5.86. The first-order valence-corrected chi connectivity index (χ1v) is 7.47. The number of ether oxygens (including phenoxy) is 1. The Labute approximate surface area is 132 Å². The third-order valence-corrected chi connectivity index (χ3v) is 4.31. The van der Waals surface area contributed by atoms with Crippen LogP contribution in [0.15, 0.2) is 11.5 Å². The van der Waals surface area contributed by atoms with Gasteiger partial charge in [-0.15, -0.1) is 0 Å². The van der Waals surface area contributed by atoms with Crippen molar-refractivity contribution in [1.29, 1.82) is 0 Å². The molecule has 1 saturated carbocycles. The molecule has 1 heterocycles. The maximum absolute atomic E-state index is 11.5. The molecule has 1 aliphatic heterocycles. The molecule has 2 aliphatic rings. The van der Waals surface area contributed by atoms with Gasteiger partial charge in [0, 0.05) is 6.54 Å². The van der Waals surface area contributed by atoms with Gasteiger partial charge < -0.3 is 30.0 Å². The Bertz CT molecular complexity index is 497. The average Bonchev–Trinajstić information content (AvgIpc) is 2.83. The minimum atomic E-state index is -1.46. The molecule has 0 radical (unpaired) electrons. The summed E-state index contributed by atoms with van der Waals surface area (Å²) < 4.78 is 4.70. The Balaban J connectivity index is 2.01. The van der Waals surface area contributed by atoms with Crippen LogP contribution in [0.2, 0.25) is 0 Å². The van der Waals surface area contributed by atoms with Crippen molar-refractivity contribution in [3.63, 3.8) is 0 Å². The van der Waals surface area contributed by atoms with Crippen molar-refractivity contribution in [2.75, 3.05) is 13.2 Å². The molecule has 0 amide bonds. The molecule has 23 heavy (non-hydrogen) atoms. The summed E-state index contributed by atoms with van der Waals surface area (Å²) in [7, 11) is 0. The third-order valence-electron chi connectivity index (χ3n) is 4.31. The van der Waals surface area contributed by atoms with Gasteiger partial charge in [0.25, 0.3) is 0 Å². The number of hydrogen-bond donors (Lipinski definition) is 5. The SMILES string of the molecule is O=C1O[C@H]([C@@H](O)CO)C(ONCC2(C(=O)O)CCCCC2)=C1O. The highest BCUT2D eigenvalue weighted by molar-refractivity contribution is 5.89. The number of aliphatic hydroxyl groups excluding tert-OH is 3. The van der Waals surface area contributed by atoms with Gasteiger partial charge in [0.05, 0.1) is 12.0 Å². The molecule has 1 fully saturated rings. The molecule has 2 atom stereocenters. The van der Waals surface area contributed by atoms with Gasteiger partial charge >= 0.3 is 11.9 Å². The standard InChI is InChI=1S/C14H21NO8/c16-6-8(17)10-11(9(18)12(19)22-10)23-15-7-14(13(20)21)4-2-1-3-5-14/h8,10,15-18H,1-7H2,(H,20,21)/t8-,10+/m0/s1. The summed E-state index contributed by atoms with van der Waals surface area (Å²) in [5.41, 5.74) is 1.49. The van der Waals surface area contributed by atoms with E-state index in [4.69, 9.17) is 14.7 Å². The molecule has 0 aromatic carbocycles. The highest BCUT2D eigenvalue weighted by Gasteiger charge is 2.43. The minimum Gasteiger partial charge on any atom is -0.499 e. The topological polar surface area (TPSA) is 146 Å². The number of cyclic esters (lactones) is 1. The number of nitrogens with one attached hydrogen (secondary N) is 1. The summed E-state index contributed by atoms with van der Waals surface area (Å²) in [6.07, 6.45) is 0.791. The highest BCUT2D eigenvalue weighted by Crippen LogP contribution is 2.36. The number of hydrogen-bond acceptors (Lipinski definition) is 8. The molecule has 5 N–H and O–H groups in total. The van der Waals surface area contributed by atoms with Crippen LogP contribution in [0, 0.1) is 5.41 Å². The Hall–Kier alpha value is -1.84. The van der Waals surface area contributed by atoms with Gasteiger partial charge in [-0.05, 0) is 12.8 Å². The number of carboxylic acids is 1. The van der Waals surface area contributed by atoms with E-state index in [2.05, 4.69) is 5.48 Å². The van der Waals surface area contributed by atoms with E-state index < -0.39 is 41.9 Å². The number of rotatable bonds is 7. The van der Waals surface area contributed by atoms with Crippen LogP contribution >= 0.6 is 0 Å². The van der Waals surface area contributed by atoms with E-state index in [1.165, 1.54) is 0 Å². The monoisotopic (exact) mass is 331 g/mol. The van der Waals surface area contributed by atoms with Gasteiger partial charge in [-0.25, -0.2) is 4.79 Å². The van der Waals surface area contributed by atoms with Gasteiger partial charge in [0.2, 0.25) is 11.5 Å². The number of carbonyl (C=O) groups excluding carboxylic acids is 1. The molecule has 0 saturated heterocycles. The van der Waals surface area contributed by atoms with E-state index in [0.717, 1.165) is 19.3 Å². The lowest BCUT2D eigenvalue weighted by Gasteiger charge is -2.33. The summed E-state index contributed by atoms with van der Waals surface area (Å²) >= 11 is 0. The Morgan fingerprint density at radius 1 is 1.39 bits per heavy atom. The second-order valence-electron chi connectivity index (χ2n) is 5.86. The predicted octanol–water partition coefficient (Wildman–Crippen LogP) is -0.409. The number of esters is 1. The number of carboxylic acid groups (broad SMARTS) is 1. The van der Waals surface area contributed by atoms with Crippen LogP contribution in [-0.4, -0.2) is 57.7 Å². The zero-order valence-corrected chi connectivity index (χ0v) is 12.5. The quantitative estimate of drug-likeness (QED) is 0.310. The maximum Gasteiger partial charge on any atom is 0.378 e. The molecule has 2 rings (SSSR count). The molecule has 0 spiro atoms. The minimum absolute atomic E-state index is 0.0186. The molecular weight excluding hydrogens is 310 g/mol. The van der Waals surface area contributed by atoms with E-state index in [-0.39, 0.29) is 12.3 Å². The molecular formula is C14H21NO8. The lowest BCUT2D eigenvalue weighted by Crippen LogP contribution is -2.43. The Kier molecular flexibility index (Phi) is 5.45. The van der Waals surface area contributed by atoms with Crippen LogP contribution in [-0.2, 0) is 19.2 Å². The first kappa shape index (κ1) is 17.5. The first-order chi connectivity index (χ1) is 10.9. The van der Waals surface area contributed by atoms with Crippen LogP contribution in [0.3, 0.4) is 0 Å². The van der Waals surface area contributed by atoms with Crippen molar-refractivity contribution in [1.82, 2.24) is 5.48 Å². The predicted molar refractivity (Wildman–Crippen MR) is 74.9 cm³/mol. The fraction of sp³-hybridized carbons (Fsp3) is 0.714. The molecule has 0 bridgehead atoms. The average molecular weight is 331 g/mol. The smallest absolute Gasteiger partial charge is 0.378 e. The lowest BCUT2D eigenvalue weighted by molar-refractivity contribution is -0.153. The van der Waals surface area contributed by atoms with Crippen molar-refractivity contribution in [3.8, 4) is 0 Å². The van der Waals surface area contributed by atoms with Crippen LogP contribution in [0.5, 0.6) is 0 Å². The molecule has 0 aromatic rings. The van der Waals surface area contributed by atoms with Gasteiger partial charge in [-0.1, -0.05) is 19.3 Å². The maximum atomic E-state index is 11.5. The van der Waals surface area contributed by atoms with Crippen LogP contribution < -0.4 is 5.48 Å². The number of hydroxylamine groups is 1. The lowest BCUT2D eigenvalue weighted by atomic mass is 9.74. The molecule has 130 valence electrons. The number of aliphatic hydroxyl groups is 3. The van der Waals surface area contributed by atoms with Crippen molar-refractivity contribution < 1.29 is 39.6 Å². The fourth-order valence-corrected chi connectivity index (χ4v) is 2.86. The van der Waals surface area contributed by atoms with Gasteiger partial charge in [0.1, 0.15) is 6.10 Å². The van der Waals surface area contributed by atoms with Gasteiger partial charge in [-0.2, -0.15) is 5.48 Å². The summed E-state index contributed by atoms with van der Waals surface area (Å²) in [6, 6.07) is 0. The van der Waals surface area contributed by atoms with E-state index in [1.807, 2.05) is 0 Å². The summed E-state index contributed by atoms with van der Waals surface area (Å²) in [6.45, 7) is -0.716. The Morgan fingerprint density at radius 2 is 2.04 bits per heavy atom. The van der Waals surface area contributed by atoms with Gasteiger partial charge in [-0.3, -0.25) is 4.79 Å². The number of aliphatic carboxylic acids is 1. The van der Waals surface area contributed by atoms with E-state index in [0.29, 0.717) is 12.8 Å². The zero-order valence-electron chi connectivity index (χ0n) is 12.5.